The van der Waals surface area contributed by atoms with Crippen LogP contribution in [-0.4, -0.2) is 36.1 Å². The highest BCUT2D eigenvalue weighted by Gasteiger charge is 2.11. The Kier molecular flexibility index (Phi) is 4.25. The third-order valence-corrected chi connectivity index (χ3v) is 3.55. The molecule has 1 heterocycles. The molecule has 3 aromatic rings. The number of imidazole rings is 1. The number of ether oxygens (including phenoxy) is 1. The molecule has 0 saturated heterocycles. The lowest BCUT2D eigenvalue weighted by Gasteiger charge is -2.03. The van der Waals surface area contributed by atoms with E-state index in [9.17, 15) is 4.79 Å². The second kappa shape index (κ2) is 6.50. The van der Waals surface area contributed by atoms with Gasteiger partial charge in [0.1, 0.15) is 5.75 Å². The van der Waals surface area contributed by atoms with Crippen molar-refractivity contribution in [2.75, 3.05) is 20.2 Å². The number of carbonyl (C=O) groups excluding carboxylic acids is 1. The maximum absolute atomic E-state index is 11.9. The molecule has 118 valence electrons. The fourth-order valence-electron chi connectivity index (χ4n) is 2.35. The molecule has 0 aliphatic heterocycles. The topological polar surface area (TPSA) is 93.0 Å². The summed E-state index contributed by atoms with van der Waals surface area (Å²) < 4.78 is 5.17. The van der Waals surface area contributed by atoms with E-state index in [2.05, 4.69) is 15.3 Å². The lowest BCUT2D eigenvalue weighted by molar-refractivity contribution is 0.0945. The Labute approximate surface area is 133 Å². The first-order valence-corrected chi connectivity index (χ1v) is 7.33. The minimum absolute atomic E-state index is 0.252. The Hall–Kier alpha value is -2.86. The zero-order valence-corrected chi connectivity index (χ0v) is 12.8. The molecule has 4 N–H and O–H groups in total. The van der Waals surface area contributed by atoms with Gasteiger partial charge in [0.05, 0.1) is 18.1 Å². The van der Waals surface area contributed by atoms with E-state index in [1.807, 2.05) is 42.5 Å². The lowest BCUT2D eigenvalue weighted by atomic mass is 10.1. The van der Waals surface area contributed by atoms with Gasteiger partial charge in [-0.05, 0) is 35.4 Å². The summed E-state index contributed by atoms with van der Waals surface area (Å²) in [5.41, 5.74) is 9.05. The van der Waals surface area contributed by atoms with E-state index in [4.69, 9.17) is 10.5 Å². The van der Waals surface area contributed by atoms with Gasteiger partial charge in [-0.15, -0.1) is 0 Å². The van der Waals surface area contributed by atoms with Crippen LogP contribution in [0.3, 0.4) is 0 Å². The summed E-state index contributed by atoms with van der Waals surface area (Å²) in [5.74, 6) is 0.855. The van der Waals surface area contributed by atoms with Crippen molar-refractivity contribution in [1.29, 1.82) is 0 Å². The molecule has 0 fully saturated rings. The zero-order valence-electron chi connectivity index (χ0n) is 12.8. The standard InChI is InChI=1S/C17H18N4O2/c1-23-13-5-2-11(3-6-13)12-4-7-14-15(10-12)21-16(20-14)17(22)19-9-8-18/h2-7,10H,8-9,18H2,1H3,(H,19,22)(H,20,21). The van der Waals surface area contributed by atoms with Gasteiger partial charge >= 0.3 is 0 Å². The Morgan fingerprint density at radius 3 is 2.65 bits per heavy atom. The summed E-state index contributed by atoms with van der Waals surface area (Å²) in [6, 6.07) is 13.7. The lowest BCUT2D eigenvalue weighted by Crippen LogP contribution is -2.29. The van der Waals surface area contributed by atoms with Gasteiger partial charge < -0.3 is 20.8 Å². The molecule has 0 aliphatic carbocycles. The first kappa shape index (κ1) is 15.1. The average Bonchev–Trinajstić information content (AvgIpc) is 3.03. The van der Waals surface area contributed by atoms with E-state index in [1.165, 1.54) is 0 Å². The summed E-state index contributed by atoms with van der Waals surface area (Å²) in [6.07, 6.45) is 0. The van der Waals surface area contributed by atoms with Crippen molar-refractivity contribution in [2.24, 2.45) is 5.73 Å². The number of hydrogen-bond acceptors (Lipinski definition) is 4. The Balaban J connectivity index is 1.90. The van der Waals surface area contributed by atoms with Crippen LogP contribution in [0, 0.1) is 0 Å². The van der Waals surface area contributed by atoms with Crippen LogP contribution in [-0.2, 0) is 0 Å². The fourth-order valence-corrected chi connectivity index (χ4v) is 2.35. The highest BCUT2D eigenvalue weighted by Crippen LogP contribution is 2.25. The number of amides is 1. The van der Waals surface area contributed by atoms with Crippen LogP contribution < -0.4 is 15.8 Å². The van der Waals surface area contributed by atoms with Gasteiger partial charge in [-0.1, -0.05) is 18.2 Å². The van der Waals surface area contributed by atoms with Gasteiger partial charge in [-0.2, -0.15) is 0 Å². The van der Waals surface area contributed by atoms with Crippen molar-refractivity contribution in [1.82, 2.24) is 15.3 Å². The van der Waals surface area contributed by atoms with E-state index in [1.54, 1.807) is 7.11 Å². The van der Waals surface area contributed by atoms with Gasteiger partial charge in [-0.3, -0.25) is 4.79 Å². The number of aromatic nitrogens is 2. The van der Waals surface area contributed by atoms with Crippen molar-refractivity contribution < 1.29 is 9.53 Å². The largest absolute Gasteiger partial charge is 0.497 e. The molecule has 3 rings (SSSR count). The minimum Gasteiger partial charge on any atom is -0.497 e. The molecule has 6 heteroatoms. The van der Waals surface area contributed by atoms with Gasteiger partial charge in [0.2, 0.25) is 0 Å². The Bertz CT molecular complexity index is 824. The number of aromatic amines is 1. The van der Waals surface area contributed by atoms with E-state index >= 15 is 0 Å². The first-order valence-electron chi connectivity index (χ1n) is 7.33. The molecule has 0 unspecified atom stereocenters. The predicted molar refractivity (Wildman–Crippen MR) is 89.5 cm³/mol. The molecule has 2 aromatic carbocycles. The molecule has 0 spiro atoms. The number of nitrogens with one attached hydrogen (secondary N) is 2. The van der Waals surface area contributed by atoms with Gasteiger partial charge in [0.15, 0.2) is 5.82 Å². The number of nitrogens with two attached hydrogens (primary N) is 1. The molecule has 0 aliphatic rings. The number of nitrogens with zero attached hydrogens (tertiary/aromatic N) is 1. The van der Waals surface area contributed by atoms with E-state index in [-0.39, 0.29) is 5.91 Å². The first-order chi connectivity index (χ1) is 11.2. The van der Waals surface area contributed by atoms with Crippen molar-refractivity contribution in [3.8, 4) is 16.9 Å². The molecule has 0 bridgehead atoms. The average molecular weight is 310 g/mol. The minimum atomic E-state index is -0.252. The molecule has 6 nitrogen and oxygen atoms in total. The molecule has 0 radical (unpaired) electrons. The number of rotatable bonds is 5. The molecular weight excluding hydrogens is 292 g/mol. The van der Waals surface area contributed by atoms with Crippen molar-refractivity contribution in [3.05, 3.63) is 48.3 Å². The number of fused-ring (bicyclic) bond motifs is 1. The highest BCUT2D eigenvalue weighted by atomic mass is 16.5. The number of H-pyrrole nitrogens is 1. The number of benzene rings is 2. The highest BCUT2D eigenvalue weighted by molar-refractivity contribution is 5.94. The van der Waals surface area contributed by atoms with Gasteiger partial charge in [-0.25, -0.2) is 4.98 Å². The van der Waals surface area contributed by atoms with Gasteiger partial charge in [0, 0.05) is 13.1 Å². The van der Waals surface area contributed by atoms with Crippen LogP contribution in [0.25, 0.3) is 22.2 Å². The van der Waals surface area contributed by atoms with Crippen molar-refractivity contribution in [3.63, 3.8) is 0 Å². The van der Waals surface area contributed by atoms with Crippen LogP contribution in [0.2, 0.25) is 0 Å². The molecule has 1 aromatic heterocycles. The second-order valence-electron chi connectivity index (χ2n) is 5.09. The van der Waals surface area contributed by atoms with E-state index in [0.717, 1.165) is 27.9 Å². The number of methoxy groups -OCH3 is 1. The second-order valence-corrected chi connectivity index (χ2v) is 5.09. The number of carbonyl (C=O) groups is 1. The molecular formula is C17H18N4O2. The summed E-state index contributed by atoms with van der Waals surface area (Å²) in [7, 11) is 1.64. The molecule has 0 atom stereocenters. The molecule has 0 saturated carbocycles. The van der Waals surface area contributed by atoms with E-state index < -0.39 is 0 Å². The third kappa shape index (κ3) is 3.17. The fraction of sp³-hybridized carbons (Fsp3) is 0.176. The smallest absolute Gasteiger partial charge is 0.287 e. The van der Waals surface area contributed by atoms with Crippen molar-refractivity contribution in [2.45, 2.75) is 0 Å². The molecule has 23 heavy (non-hydrogen) atoms. The maximum atomic E-state index is 11.9. The van der Waals surface area contributed by atoms with Gasteiger partial charge in [0.25, 0.3) is 5.91 Å². The predicted octanol–water partition coefficient (Wildman–Crippen LogP) is 1.93. The summed E-state index contributed by atoms with van der Waals surface area (Å²) in [5, 5.41) is 2.70. The number of hydrogen-bond donors (Lipinski definition) is 3. The van der Waals surface area contributed by atoms with Crippen LogP contribution >= 0.6 is 0 Å². The monoisotopic (exact) mass is 310 g/mol. The summed E-state index contributed by atoms with van der Waals surface area (Å²) in [4.78, 5) is 19.3. The summed E-state index contributed by atoms with van der Waals surface area (Å²) >= 11 is 0. The zero-order chi connectivity index (χ0) is 16.2. The Morgan fingerprint density at radius 2 is 1.96 bits per heavy atom. The SMILES string of the molecule is COc1ccc(-c2ccc3nc(C(=O)NCCN)[nH]c3c2)cc1. The van der Waals surface area contributed by atoms with Crippen LogP contribution in [0.5, 0.6) is 5.75 Å². The third-order valence-electron chi connectivity index (χ3n) is 3.55. The van der Waals surface area contributed by atoms with E-state index in [0.29, 0.717) is 18.9 Å². The molecule has 1 amide bonds. The maximum Gasteiger partial charge on any atom is 0.287 e. The quantitative estimate of drug-likeness (QED) is 0.671. The van der Waals surface area contributed by atoms with Crippen LogP contribution in [0.1, 0.15) is 10.6 Å². The normalized spacial score (nSPS) is 10.7. The summed E-state index contributed by atoms with van der Waals surface area (Å²) in [6.45, 7) is 0.820. The van der Waals surface area contributed by atoms with Crippen LogP contribution in [0.4, 0.5) is 0 Å². The Morgan fingerprint density at radius 1 is 1.22 bits per heavy atom. The van der Waals surface area contributed by atoms with Crippen LogP contribution in [0.15, 0.2) is 42.5 Å². The van der Waals surface area contributed by atoms with Crippen molar-refractivity contribution >= 4 is 16.9 Å².